The molecule has 2 aliphatic heterocycles. The number of fused-ring (bicyclic) bond motifs is 17. The number of anilines is 6. The summed E-state index contributed by atoms with van der Waals surface area (Å²) in [7, 11) is 0. The summed E-state index contributed by atoms with van der Waals surface area (Å²) >= 11 is 0. The third kappa shape index (κ3) is 10.6. The van der Waals surface area contributed by atoms with Gasteiger partial charge in [-0.2, -0.15) is 0 Å². The van der Waals surface area contributed by atoms with Crippen molar-refractivity contribution < 1.29 is 17.8 Å². The second-order valence-electron chi connectivity index (χ2n) is 33.7. The highest BCUT2D eigenvalue weighted by atomic mass is 15.2. The van der Waals surface area contributed by atoms with Crippen molar-refractivity contribution in [3.63, 3.8) is 0 Å². The van der Waals surface area contributed by atoms with Gasteiger partial charge in [0.05, 0.1) is 51.3 Å². The number of benzene rings is 16. The first-order chi connectivity index (χ1) is 60.4. The van der Waals surface area contributed by atoms with Gasteiger partial charge in [0.1, 0.15) is 0 Å². The Bertz CT molecular complexity index is 7340. The van der Waals surface area contributed by atoms with Crippen molar-refractivity contribution >= 4 is 79.0 Å². The zero-order chi connectivity index (χ0) is 87.7. The second-order valence-corrected chi connectivity index (χ2v) is 33.7. The quantitative estimate of drug-likeness (QED) is 0.133. The minimum absolute atomic E-state index is 0.0202. The Kier molecular flexibility index (Phi) is 12.5. The van der Waals surface area contributed by atoms with E-state index in [0.29, 0.717) is 33.5 Å². The Hall–Kier alpha value is -13.0. The predicted octanol–water partition coefficient (Wildman–Crippen LogP) is 27.1. The molecule has 0 fully saturated rings. The molecule has 17 aromatic rings. The van der Waals surface area contributed by atoms with Crippen molar-refractivity contribution in [2.24, 2.45) is 0 Å². The van der Waals surface area contributed by atoms with Gasteiger partial charge in [0.15, 0.2) is 0 Å². The smallest absolute Gasteiger partial charge is 0.252 e. The van der Waals surface area contributed by atoms with E-state index in [-0.39, 0.29) is 68.2 Å². The van der Waals surface area contributed by atoms with Crippen molar-refractivity contribution in [1.82, 2.24) is 4.57 Å². The van der Waals surface area contributed by atoms with E-state index in [0.717, 1.165) is 145 Å². The third-order valence-corrected chi connectivity index (χ3v) is 24.1. The van der Waals surface area contributed by atoms with E-state index in [1.54, 1.807) is 0 Å². The van der Waals surface area contributed by atoms with Gasteiger partial charge in [-0.25, -0.2) is 0 Å². The Morgan fingerprint density at radius 1 is 0.283 bits per heavy atom. The molecule has 0 saturated carbocycles. The molecule has 2 aliphatic carbocycles. The molecule has 540 valence electrons. The van der Waals surface area contributed by atoms with Gasteiger partial charge in [-0.15, -0.1) is 0 Å². The van der Waals surface area contributed by atoms with E-state index in [9.17, 15) is 16.4 Å². The fourth-order valence-electron chi connectivity index (χ4n) is 18.8. The highest BCUT2D eigenvalue weighted by molar-refractivity contribution is 7.00. The van der Waals surface area contributed by atoms with Gasteiger partial charge in [0.2, 0.25) is 0 Å². The van der Waals surface area contributed by atoms with Gasteiger partial charge in [0, 0.05) is 50.2 Å². The van der Waals surface area contributed by atoms with Gasteiger partial charge < -0.3 is 14.4 Å². The topological polar surface area (TPSA) is 11.4 Å². The fourth-order valence-corrected chi connectivity index (χ4v) is 18.8. The van der Waals surface area contributed by atoms with Crippen LogP contribution in [0.4, 0.5) is 34.1 Å². The van der Waals surface area contributed by atoms with E-state index < -0.39 is 66.5 Å². The Labute approximate surface area is 682 Å². The first kappa shape index (κ1) is 55.4. The first-order valence-corrected chi connectivity index (χ1v) is 39.1. The van der Waals surface area contributed by atoms with Crippen LogP contribution in [0.25, 0.3) is 117 Å². The maximum Gasteiger partial charge on any atom is 0.252 e. The summed E-state index contributed by atoms with van der Waals surface area (Å²) in [6.45, 7) is 19.5. The van der Waals surface area contributed by atoms with E-state index in [1.807, 2.05) is 66.7 Å². The Morgan fingerprint density at radius 2 is 0.770 bits per heavy atom. The number of aromatic nitrogens is 1. The molecular formula is C109H86BN3. The molecule has 1 aromatic heterocycles. The Morgan fingerprint density at radius 3 is 1.36 bits per heavy atom. The summed E-state index contributed by atoms with van der Waals surface area (Å²) in [5.74, 6) is 0. The van der Waals surface area contributed by atoms with E-state index in [1.165, 1.54) is 0 Å². The van der Waals surface area contributed by atoms with Crippen LogP contribution in [-0.2, 0) is 21.7 Å². The molecule has 0 amide bonds. The minimum atomic E-state index is -1.77. The maximum atomic E-state index is 10.3. The lowest BCUT2D eigenvalue weighted by Gasteiger charge is -2.46. The lowest BCUT2D eigenvalue weighted by Crippen LogP contribution is -2.61. The molecule has 0 saturated heterocycles. The van der Waals surface area contributed by atoms with Crippen LogP contribution >= 0.6 is 0 Å². The molecule has 0 unspecified atom stereocenters. The lowest BCUT2D eigenvalue weighted by molar-refractivity contribution is 0.590. The minimum Gasteiger partial charge on any atom is -0.311 e. The van der Waals surface area contributed by atoms with Crippen LogP contribution in [-0.4, -0.2) is 11.3 Å². The van der Waals surface area contributed by atoms with Gasteiger partial charge in [0.25, 0.3) is 6.71 Å². The molecule has 0 atom stereocenters. The molecule has 21 rings (SSSR count). The zero-order valence-corrected chi connectivity index (χ0v) is 64.5. The summed E-state index contributed by atoms with van der Waals surface area (Å²) in [5.41, 5.74) is 23.4. The first-order valence-electron chi connectivity index (χ1n) is 45.6. The van der Waals surface area contributed by atoms with Crippen LogP contribution in [0.3, 0.4) is 0 Å². The van der Waals surface area contributed by atoms with Crippen LogP contribution in [0, 0.1) is 0 Å². The van der Waals surface area contributed by atoms with Gasteiger partial charge >= 0.3 is 0 Å². The molecular weight excluding hydrogens is 1360 g/mol. The van der Waals surface area contributed by atoms with Gasteiger partial charge in [-0.3, -0.25) is 0 Å². The normalized spacial score (nSPS) is 15.2. The Balaban J connectivity index is 0.975. The highest BCUT2D eigenvalue weighted by Crippen LogP contribution is 2.65. The monoisotopic (exact) mass is 1460 g/mol. The average molecular weight is 1460 g/mol. The summed E-state index contributed by atoms with van der Waals surface area (Å²) in [5, 5.41) is 2.15. The average Bonchev–Trinajstić information content (AvgIpc) is 1.46. The highest BCUT2D eigenvalue weighted by Gasteiger charge is 2.53. The van der Waals surface area contributed by atoms with Crippen LogP contribution in [0.2, 0.25) is 0 Å². The van der Waals surface area contributed by atoms with Gasteiger partial charge in [-0.1, -0.05) is 359 Å². The zero-order valence-electron chi connectivity index (χ0n) is 77.5. The summed E-state index contributed by atoms with van der Waals surface area (Å²) < 4.78 is 128. The van der Waals surface area contributed by atoms with E-state index in [2.05, 4.69) is 289 Å². The third-order valence-electron chi connectivity index (χ3n) is 24.1. The van der Waals surface area contributed by atoms with Crippen molar-refractivity contribution in [2.45, 2.75) is 84.0 Å². The van der Waals surface area contributed by atoms with Crippen molar-refractivity contribution in [3.8, 4) is 94.7 Å². The van der Waals surface area contributed by atoms with E-state index in [4.69, 9.17) is 1.37 Å². The maximum absolute atomic E-state index is 10.3. The second kappa shape index (κ2) is 25.5. The van der Waals surface area contributed by atoms with Crippen molar-refractivity contribution in [3.05, 3.63) is 397 Å². The molecule has 0 radical (unpaired) electrons. The molecule has 3 nitrogen and oxygen atoms in total. The summed E-state index contributed by atoms with van der Waals surface area (Å²) in [6.07, 6.45) is 0. The predicted molar refractivity (Wildman–Crippen MR) is 480 cm³/mol. The molecule has 0 bridgehead atoms. The van der Waals surface area contributed by atoms with Crippen molar-refractivity contribution in [1.29, 1.82) is 0 Å². The molecule has 4 heteroatoms. The largest absolute Gasteiger partial charge is 0.311 e. The van der Waals surface area contributed by atoms with Crippen molar-refractivity contribution in [2.75, 3.05) is 9.80 Å². The standard InChI is InChI=1S/C109H86BN3/c1-106(2,3)77-54-59-96(88(64-77)71-36-19-12-20-37-71)112-100-63-74(69-32-15-10-16-33-69)50-57-94(100)110-95-62-75(81-45-31-46-87-84-44-27-30-49-93(84)109(103(81)87)91-47-28-25-42-82(91)83-43-26-29-48-92(83)109)51-58-97(95)113(105-89(72-38-21-13-22-39-72)60-76(70-34-17-11-18-35-70)61-90(105)73-40-23-14-24-41-73)102-68-80(67-101(112)104(102)110)111-98-65-78(107(4,5)6)52-55-85(98)86-56-53-79(66-99(86)111)108(7,8)9/h10-68H,1-9H3/i10D,15D,16D,25D,26D,28D,29D,32D,33D,42D,43D,47D,48D. The number of hydrogen-bond acceptors (Lipinski definition) is 2. The molecule has 1 spiro atoms. The van der Waals surface area contributed by atoms with Crippen LogP contribution < -0.4 is 26.2 Å². The van der Waals surface area contributed by atoms with Crippen LogP contribution in [0.1, 0.15) is 119 Å². The van der Waals surface area contributed by atoms with Gasteiger partial charge in [-0.05, 0) is 205 Å². The number of hydrogen-bond donors (Lipinski definition) is 0. The lowest BCUT2D eigenvalue weighted by atomic mass is 9.33. The molecule has 0 N–H and O–H groups in total. The molecule has 16 aromatic carbocycles. The SMILES string of the molecule is [2H]c1c([2H])c([2H])c(-c2ccc3c(c2)N(c2ccc(C(C)(C)C)cc2-c2ccccc2)c2cc(-n4c5cc(C(C)(C)C)ccc5c5ccc(C(C)(C)C)cc54)cc4c2B3c2cc(-c3cccc5c3C3(c6ccccc6-5)c5c([2H])c([2H])c([2H])c([2H])c5-c5c([2H])c([2H])c([2H])c([2H])c53)ccc2N4c2c(-c3ccccc3)cc(-c3ccccc3)cc2-c2ccccc2)c([2H])c1[2H]. The number of nitrogens with zero attached hydrogens (tertiary/aromatic N) is 3. The van der Waals surface area contributed by atoms with Crippen LogP contribution in [0.5, 0.6) is 0 Å². The van der Waals surface area contributed by atoms with Crippen LogP contribution in [0.15, 0.2) is 358 Å². The van der Waals surface area contributed by atoms with E-state index >= 15 is 0 Å². The molecule has 3 heterocycles. The number of rotatable bonds is 9. The fraction of sp³-hybridized carbons (Fsp3) is 0.119. The summed E-state index contributed by atoms with van der Waals surface area (Å²) in [6, 6.07) is 93.0. The summed E-state index contributed by atoms with van der Waals surface area (Å²) in [4.78, 5) is 4.88. The molecule has 113 heavy (non-hydrogen) atoms. The molecule has 4 aliphatic rings.